The molecule has 7 heteroatoms. The second-order valence-corrected chi connectivity index (χ2v) is 6.12. The minimum atomic E-state index is 0. The quantitative estimate of drug-likeness (QED) is 0.312. The number of aromatic nitrogens is 3. The van der Waals surface area contributed by atoms with E-state index in [1.165, 1.54) is 5.56 Å². The van der Waals surface area contributed by atoms with Crippen LogP contribution in [0.25, 0.3) is 0 Å². The summed E-state index contributed by atoms with van der Waals surface area (Å²) in [5, 5.41) is 3.14. The molecular weight excluding hydrogens is 451 g/mol. The maximum atomic E-state index is 5.96. The number of rotatable bonds is 7. The van der Waals surface area contributed by atoms with Gasteiger partial charge in [0.05, 0.1) is 6.54 Å². The summed E-state index contributed by atoms with van der Waals surface area (Å²) in [4.78, 5) is 13.0. The van der Waals surface area contributed by atoms with Gasteiger partial charge in [-0.2, -0.15) is 0 Å². The number of benzene rings is 1. The molecule has 2 heterocycles. The number of aliphatic imine (C=N–C) groups is 1. The molecule has 3 aromatic rings. The molecule has 0 aliphatic rings. The third-order valence-electron chi connectivity index (χ3n) is 4.11. The van der Waals surface area contributed by atoms with E-state index in [2.05, 4.69) is 49.1 Å². The second kappa shape index (κ2) is 10.7. The van der Waals surface area contributed by atoms with E-state index < -0.39 is 0 Å². The number of nitrogens with one attached hydrogen (secondary N) is 1. The Balaban J connectivity index is 0.00000261. The zero-order chi connectivity index (χ0) is 18.2. The van der Waals surface area contributed by atoms with Crippen molar-refractivity contribution in [1.29, 1.82) is 0 Å². The van der Waals surface area contributed by atoms with E-state index >= 15 is 0 Å². The molecule has 0 unspecified atom stereocenters. The van der Waals surface area contributed by atoms with E-state index in [1.807, 2.05) is 37.5 Å². The molecule has 0 aliphatic carbocycles. The first-order valence-corrected chi connectivity index (χ1v) is 8.70. The minimum absolute atomic E-state index is 0. The fourth-order valence-corrected chi connectivity index (χ4v) is 2.69. The van der Waals surface area contributed by atoms with Gasteiger partial charge in [-0.25, -0.2) is 9.98 Å². The lowest BCUT2D eigenvalue weighted by atomic mass is 10.1. The first-order valence-electron chi connectivity index (χ1n) is 8.70. The smallest absolute Gasteiger partial charge is 0.188 e. The minimum Gasteiger partial charge on any atom is -0.370 e. The number of aryl methyl sites for hydroxylation is 1. The van der Waals surface area contributed by atoms with E-state index in [9.17, 15) is 0 Å². The van der Waals surface area contributed by atoms with Gasteiger partial charge >= 0.3 is 0 Å². The lowest BCUT2D eigenvalue weighted by Gasteiger charge is -2.08. The fourth-order valence-electron chi connectivity index (χ4n) is 2.69. The average molecular weight is 476 g/mol. The van der Waals surface area contributed by atoms with Crippen LogP contribution in [0.5, 0.6) is 0 Å². The van der Waals surface area contributed by atoms with Crippen molar-refractivity contribution in [3.05, 3.63) is 83.7 Å². The first-order chi connectivity index (χ1) is 12.7. The molecule has 0 radical (unpaired) electrons. The largest absolute Gasteiger partial charge is 0.370 e. The average Bonchev–Trinajstić information content (AvgIpc) is 3.06. The van der Waals surface area contributed by atoms with E-state index in [0.29, 0.717) is 19.0 Å². The van der Waals surface area contributed by atoms with Crippen LogP contribution in [-0.2, 0) is 19.5 Å². The predicted octanol–water partition coefficient (Wildman–Crippen LogP) is 2.90. The van der Waals surface area contributed by atoms with E-state index in [0.717, 1.165) is 30.0 Å². The van der Waals surface area contributed by atoms with Crippen LogP contribution in [0.15, 0.2) is 66.0 Å². The fraction of sp³-hybridized carbons (Fsp3) is 0.250. The monoisotopic (exact) mass is 476 g/mol. The zero-order valence-electron chi connectivity index (χ0n) is 15.4. The van der Waals surface area contributed by atoms with Gasteiger partial charge in [0, 0.05) is 43.8 Å². The molecule has 0 atom stereocenters. The summed E-state index contributed by atoms with van der Waals surface area (Å²) in [6, 6.07) is 14.3. The van der Waals surface area contributed by atoms with Gasteiger partial charge < -0.3 is 15.6 Å². The molecule has 0 bridgehead atoms. The Bertz CT molecular complexity index is 860. The summed E-state index contributed by atoms with van der Waals surface area (Å²) in [6.07, 6.45) is 6.42. The van der Waals surface area contributed by atoms with Crippen LogP contribution >= 0.6 is 24.0 Å². The summed E-state index contributed by atoms with van der Waals surface area (Å²) >= 11 is 0. The summed E-state index contributed by atoms with van der Waals surface area (Å²) in [5.41, 5.74) is 9.35. The molecule has 3 rings (SSSR count). The number of nitrogens with two attached hydrogens (primary N) is 1. The van der Waals surface area contributed by atoms with E-state index in [4.69, 9.17) is 5.73 Å². The first kappa shape index (κ1) is 20.9. The van der Waals surface area contributed by atoms with Crippen molar-refractivity contribution in [2.45, 2.75) is 26.4 Å². The highest BCUT2D eigenvalue weighted by atomic mass is 127. The summed E-state index contributed by atoms with van der Waals surface area (Å²) in [6.45, 7) is 4.08. The van der Waals surface area contributed by atoms with Crippen LogP contribution in [0.3, 0.4) is 0 Å². The lowest BCUT2D eigenvalue weighted by Crippen LogP contribution is -2.33. The SMILES string of the molecule is Cc1nccn1Cc1cccc(CN=C(N)NCCc2ccccn2)c1.I. The normalized spacial score (nSPS) is 11.1. The highest BCUT2D eigenvalue weighted by Crippen LogP contribution is 2.09. The second-order valence-electron chi connectivity index (χ2n) is 6.12. The number of hydrogen-bond acceptors (Lipinski definition) is 3. The van der Waals surface area contributed by atoms with Crippen molar-refractivity contribution in [3.8, 4) is 0 Å². The van der Waals surface area contributed by atoms with Gasteiger partial charge in [0.15, 0.2) is 5.96 Å². The third-order valence-corrected chi connectivity index (χ3v) is 4.11. The Morgan fingerprint density at radius 3 is 2.70 bits per heavy atom. The molecule has 27 heavy (non-hydrogen) atoms. The van der Waals surface area contributed by atoms with Crippen LogP contribution in [0, 0.1) is 6.92 Å². The van der Waals surface area contributed by atoms with Crippen molar-refractivity contribution in [1.82, 2.24) is 19.9 Å². The molecular formula is C20H25IN6. The molecule has 0 saturated carbocycles. The van der Waals surface area contributed by atoms with Crippen molar-refractivity contribution in [2.24, 2.45) is 10.7 Å². The van der Waals surface area contributed by atoms with Gasteiger partial charge in [-0.1, -0.05) is 30.3 Å². The van der Waals surface area contributed by atoms with Gasteiger partial charge in [-0.15, -0.1) is 24.0 Å². The van der Waals surface area contributed by atoms with E-state index in [1.54, 1.807) is 6.20 Å². The number of pyridine rings is 1. The van der Waals surface area contributed by atoms with Crippen molar-refractivity contribution in [2.75, 3.05) is 6.54 Å². The Morgan fingerprint density at radius 2 is 1.96 bits per heavy atom. The van der Waals surface area contributed by atoms with Crippen molar-refractivity contribution in [3.63, 3.8) is 0 Å². The molecule has 6 nitrogen and oxygen atoms in total. The van der Waals surface area contributed by atoms with Gasteiger partial charge in [0.2, 0.25) is 0 Å². The lowest BCUT2D eigenvalue weighted by molar-refractivity contribution is 0.760. The maximum Gasteiger partial charge on any atom is 0.188 e. The molecule has 3 N–H and O–H groups in total. The van der Waals surface area contributed by atoms with Crippen LogP contribution in [0.1, 0.15) is 22.6 Å². The molecule has 142 valence electrons. The Morgan fingerprint density at radius 1 is 1.11 bits per heavy atom. The Hall–Kier alpha value is -2.42. The molecule has 0 fully saturated rings. The topological polar surface area (TPSA) is 81.1 Å². The van der Waals surface area contributed by atoms with Gasteiger partial charge in [0.25, 0.3) is 0 Å². The molecule has 0 amide bonds. The molecule has 0 saturated heterocycles. The summed E-state index contributed by atoms with van der Waals surface area (Å²) < 4.78 is 2.12. The van der Waals surface area contributed by atoms with Crippen LogP contribution in [0.2, 0.25) is 0 Å². The maximum absolute atomic E-state index is 5.96. The van der Waals surface area contributed by atoms with Crippen LogP contribution in [-0.4, -0.2) is 27.0 Å². The van der Waals surface area contributed by atoms with E-state index in [-0.39, 0.29) is 24.0 Å². The molecule has 0 spiro atoms. The standard InChI is InChI=1S/C20H24N6.HI/c1-16-22-11-12-26(16)15-18-6-4-5-17(13-18)14-25-20(21)24-10-8-19-7-2-3-9-23-19;/h2-7,9,11-13H,8,10,14-15H2,1H3,(H3,21,24,25);1H. The number of nitrogens with zero attached hydrogens (tertiary/aromatic N) is 4. The number of guanidine groups is 1. The van der Waals surface area contributed by atoms with Gasteiger partial charge in [0.1, 0.15) is 5.82 Å². The Labute approximate surface area is 177 Å². The van der Waals surface area contributed by atoms with Gasteiger partial charge in [-0.3, -0.25) is 4.98 Å². The van der Waals surface area contributed by atoms with Crippen molar-refractivity contribution < 1.29 is 0 Å². The Kier molecular flexibility index (Phi) is 8.25. The van der Waals surface area contributed by atoms with Crippen molar-refractivity contribution >= 4 is 29.9 Å². The number of halogens is 1. The molecule has 0 aliphatic heterocycles. The summed E-state index contributed by atoms with van der Waals surface area (Å²) in [7, 11) is 0. The highest BCUT2D eigenvalue weighted by Gasteiger charge is 2.01. The highest BCUT2D eigenvalue weighted by molar-refractivity contribution is 14.0. The number of imidazole rings is 1. The summed E-state index contributed by atoms with van der Waals surface area (Å²) in [5.74, 6) is 1.46. The van der Waals surface area contributed by atoms with Gasteiger partial charge in [-0.05, 0) is 30.2 Å². The molecule has 1 aromatic carbocycles. The number of hydrogen-bond donors (Lipinski definition) is 2. The van der Waals surface area contributed by atoms with Crippen LogP contribution < -0.4 is 11.1 Å². The zero-order valence-corrected chi connectivity index (χ0v) is 17.7. The third kappa shape index (κ3) is 6.67. The molecule has 2 aromatic heterocycles. The van der Waals surface area contributed by atoms with Crippen LogP contribution in [0.4, 0.5) is 0 Å². The predicted molar refractivity (Wildman–Crippen MR) is 119 cm³/mol.